The largest absolute Gasteiger partial charge is 0.496 e. The number of carbonyl (C=O) groups is 2. The summed E-state index contributed by atoms with van der Waals surface area (Å²) in [5.74, 6) is -0.00151. The number of anilines is 1. The Kier molecular flexibility index (Phi) is 7.14. The summed E-state index contributed by atoms with van der Waals surface area (Å²) < 4.78 is 15.6. The van der Waals surface area contributed by atoms with Crippen LogP contribution in [0.2, 0.25) is 0 Å². The van der Waals surface area contributed by atoms with Crippen LogP contribution in [0, 0.1) is 10.1 Å². The molecule has 1 amide bonds. The highest BCUT2D eigenvalue weighted by atomic mass is 16.6. The van der Waals surface area contributed by atoms with E-state index in [2.05, 4.69) is 0 Å². The molecule has 1 aliphatic rings. The molecule has 1 aliphatic heterocycles. The number of amides is 1. The van der Waals surface area contributed by atoms with Gasteiger partial charge in [-0.2, -0.15) is 0 Å². The standard InChI is InChI=1S/C22H25N3O7/c1-4-32-22(27)15-8-9-16(17(14-15)25(28)29)23-10-12-24(13-11-23)21(26)20-18(30-2)6-5-7-19(20)31-3/h5-9,14H,4,10-13H2,1-3H3. The van der Waals surface area contributed by atoms with Crippen molar-refractivity contribution in [2.75, 3.05) is 51.9 Å². The Balaban J connectivity index is 1.78. The Labute approximate surface area is 185 Å². The minimum atomic E-state index is -0.608. The number of rotatable bonds is 7. The lowest BCUT2D eigenvalue weighted by atomic mass is 10.1. The molecule has 0 atom stereocenters. The Hall–Kier alpha value is -3.82. The number of ether oxygens (including phenoxy) is 3. The maximum Gasteiger partial charge on any atom is 0.338 e. The van der Waals surface area contributed by atoms with Crippen LogP contribution in [0.1, 0.15) is 27.6 Å². The fourth-order valence-electron chi connectivity index (χ4n) is 3.65. The third-order valence-corrected chi connectivity index (χ3v) is 5.23. The number of nitrogens with zero attached hydrogens (tertiary/aromatic N) is 3. The summed E-state index contributed by atoms with van der Waals surface area (Å²) in [4.78, 5) is 39.7. The van der Waals surface area contributed by atoms with E-state index in [0.29, 0.717) is 48.9 Å². The predicted octanol–water partition coefficient (Wildman–Crippen LogP) is 2.75. The summed E-state index contributed by atoms with van der Waals surface area (Å²) in [5.41, 5.74) is 0.682. The second kappa shape index (κ2) is 9.99. The van der Waals surface area contributed by atoms with Crippen molar-refractivity contribution in [3.8, 4) is 11.5 Å². The van der Waals surface area contributed by atoms with Gasteiger partial charge in [0.15, 0.2) is 0 Å². The maximum atomic E-state index is 13.1. The van der Waals surface area contributed by atoms with E-state index < -0.39 is 10.9 Å². The molecule has 0 spiro atoms. The van der Waals surface area contributed by atoms with Crippen molar-refractivity contribution < 1.29 is 28.7 Å². The highest BCUT2D eigenvalue weighted by molar-refractivity contribution is 6.00. The minimum absolute atomic E-state index is 0.124. The van der Waals surface area contributed by atoms with Crippen molar-refractivity contribution in [3.63, 3.8) is 0 Å². The van der Waals surface area contributed by atoms with Crippen LogP contribution >= 0.6 is 0 Å². The molecule has 0 saturated carbocycles. The van der Waals surface area contributed by atoms with Crippen LogP contribution in [0.25, 0.3) is 0 Å². The highest BCUT2D eigenvalue weighted by Crippen LogP contribution is 2.32. The first kappa shape index (κ1) is 22.9. The van der Waals surface area contributed by atoms with Crippen molar-refractivity contribution in [1.29, 1.82) is 0 Å². The van der Waals surface area contributed by atoms with Gasteiger partial charge in [0.25, 0.3) is 11.6 Å². The number of carbonyl (C=O) groups excluding carboxylic acids is 2. The van der Waals surface area contributed by atoms with E-state index in [4.69, 9.17) is 14.2 Å². The molecular formula is C22H25N3O7. The molecule has 0 bridgehead atoms. The molecular weight excluding hydrogens is 418 g/mol. The first-order chi connectivity index (χ1) is 15.4. The monoisotopic (exact) mass is 443 g/mol. The Morgan fingerprint density at radius 2 is 1.66 bits per heavy atom. The number of methoxy groups -OCH3 is 2. The van der Waals surface area contributed by atoms with Gasteiger partial charge in [0, 0.05) is 32.2 Å². The lowest BCUT2D eigenvalue weighted by Crippen LogP contribution is -2.49. The summed E-state index contributed by atoms with van der Waals surface area (Å²) in [5, 5.41) is 11.6. The number of hydrogen-bond acceptors (Lipinski definition) is 8. The minimum Gasteiger partial charge on any atom is -0.496 e. The number of benzene rings is 2. The first-order valence-corrected chi connectivity index (χ1v) is 10.1. The molecule has 0 aliphatic carbocycles. The zero-order chi connectivity index (χ0) is 23.3. The molecule has 1 fully saturated rings. The molecule has 1 saturated heterocycles. The average molecular weight is 443 g/mol. The van der Waals surface area contributed by atoms with Crippen LogP contribution in [-0.4, -0.2) is 68.7 Å². The van der Waals surface area contributed by atoms with E-state index in [9.17, 15) is 19.7 Å². The van der Waals surface area contributed by atoms with Crippen LogP contribution in [0.4, 0.5) is 11.4 Å². The van der Waals surface area contributed by atoms with E-state index in [1.165, 1.54) is 26.4 Å². The van der Waals surface area contributed by atoms with Gasteiger partial charge in [-0.05, 0) is 31.2 Å². The van der Waals surface area contributed by atoms with Crippen molar-refractivity contribution in [2.45, 2.75) is 6.92 Å². The first-order valence-electron chi connectivity index (χ1n) is 10.1. The van der Waals surface area contributed by atoms with Crippen molar-refractivity contribution in [1.82, 2.24) is 4.90 Å². The lowest BCUT2D eigenvalue weighted by molar-refractivity contribution is -0.384. The van der Waals surface area contributed by atoms with Crippen LogP contribution in [0.5, 0.6) is 11.5 Å². The van der Waals surface area contributed by atoms with E-state index in [1.807, 2.05) is 4.90 Å². The van der Waals surface area contributed by atoms with E-state index in [-0.39, 0.29) is 23.8 Å². The van der Waals surface area contributed by atoms with Gasteiger partial charge in [0.2, 0.25) is 0 Å². The number of nitro groups is 1. The SMILES string of the molecule is CCOC(=O)c1ccc(N2CCN(C(=O)c3c(OC)cccc3OC)CC2)c([N+](=O)[O-])c1. The topological polar surface area (TPSA) is 111 Å². The van der Waals surface area contributed by atoms with Crippen molar-refractivity contribution in [2.24, 2.45) is 0 Å². The maximum absolute atomic E-state index is 13.1. The highest BCUT2D eigenvalue weighted by Gasteiger charge is 2.30. The lowest BCUT2D eigenvalue weighted by Gasteiger charge is -2.36. The smallest absolute Gasteiger partial charge is 0.338 e. The quantitative estimate of drug-likeness (QED) is 0.365. The molecule has 10 heteroatoms. The number of piperazine rings is 1. The van der Waals surface area contributed by atoms with Gasteiger partial charge in [-0.3, -0.25) is 14.9 Å². The molecule has 2 aromatic carbocycles. The molecule has 10 nitrogen and oxygen atoms in total. The van der Waals surface area contributed by atoms with Crippen LogP contribution in [0.3, 0.4) is 0 Å². The van der Waals surface area contributed by atoms with Gasteiger partial charge in [-0.25, -0.2) is 4.79 Å². The predicted molar refractivity (Wildman–Crippen MR) is 117 cm³/mol. The fourth-order valence-corrected chi connectivity index (χ4v) is 3.65. The molecule has 0 aromatic heterocycles. The second-order valence-electron chi connectivity index (χ2n) is 7.00. The normalized spacial score (nSPS) is 13.5. The van der Waals surface area contributed by atoms with Gasteiger partial charge in [0.1, 0.15) is 22.7 Å². The van der Waals surface area contributed by atoms with E-state index in [1.54, 1.807) is 36.1 Å². The van der Waals surface area contributed by atoms with E-state index in [0.717, 1.165) is 0 Å². The Bertz CT molecular complexity index is 994. The molecule has 0 N–H and O–H groups in total. The van der Waals surface area contributed by atoms with Gasteiger partial charge in [-0.1, -0.05) is 6.07 Å². The number of esters is 1. The second-order valence-corrected chi connectivity index (χ2v) is 7.00. The number of hydrogen-bond donors (Lipinski definition) is 0. The molecule has 1 heterocycles. The van der Waals surface area contributed by atoms with Crippen LogP contribution in [0.15, 0.2) is 36.4 Å². The van der Waals surface area contributed by atoms with Gasteiger partial charge in [-0.15, -0.1) is 0 Å². The third kappa shape index (κ3) is 4.58. The summed E-state index contributed by atoms with van der Waals surface area (Å²) in [6.07, 6.45) is 0. The third-order valence-electron chi connectivity index (χ3n) is 5.23. The molecule has 170 valence electrons. The van der Waals surface area contributed by atoms with Crippen molar-refractivity contribution in [3.05, 3.63) is 57.6 Å². The molecule has 3 rings (SSSR count). The average Bonchev–Trinajstić information content (AvgIpc) is 2.82. The summed E-state index contributed by atoms with van der Waals surface area (Å²) in [6.45, 7) is 3.35. The summed E-state index contributed by atoms with van der Waals surface area (Å²) in [7, 11) is 2.98. The number of nitro benzene ring substituents is 1. The van der Waals surface area contributed by atoms with Gasteiger partial charge < -0.3 is 24.0 Å². The Morgan fingerprint density at radius 3 is 2.19 bits per heavy atom. The molecule has 0 unspecified atom stereocenters. The van der Waals surface area contributed by atoms with Crippen LogP contribution in [-0.2, 0) is 4.74 Å². The van der Waals surface area contributed by atoms with Crippen LogP contribution < -0.4 is 14.4 Å². The van der Waals surface area contributed by atoms with Gasteiger partial charge >= 0.3 is 5.97 Å². The van der Waals surface area contributed by atoms with Gasteiger partial charge in [0.05, 0.1) is 31.3 Å². The summed E-state index contributed by atoms with van der Waals surface area (Å²) in [6, 6.07) is 9.42. The summed E-state index contributed by atoms with van der Waals surface area (Å²) >= 11 is 0. The molecule has 32 heavy (non-hydrogen) atoms. The zero-order valence-electron chi connectivity index (χ0n) is 18.2. The fraction of sp³-hybridized carbons (Fsp3) is 0.364. The molecule has 0 radical (unpaired) electrons. The van der Waals surface area contributed by atoms with Crippen molar-refractivity contribution >= 4 is 23.3 Å². The van der Waals surface area contributed by atoms with E-state index >= 15 is 0 Å². The molecule has 2 aromatic rings. The Morgan fingerprint density at radius 1 is 1.03 bits per heavy atom. The zero-order valence-corrected chi connectivity index (χ0v) is 18.2.